The zero-order valence-corrected chi connectivity index (χ0v) is 8.30. The fourth-order valence-electron chi connectivity index (χ4n) is 1.99. The Balaban J connectivity index is 2.21. The van der Waals surface area contributed by atoms with E-state index >= 15 is 0 Å². The van der Waals surface area contributed by atoms with Gasteiger partial charge in [-0.25, -0.2) is 0 Å². The van der Waals surface area contributed by atoms with Crippen LogP contribution in [0.4, 0.5) is 4.39 Å². The van der Waals surface area contributed by atoms with Crippen LogP contribution in [-0.2, 0) is 12.0 Å². The highest BCUT2D eigenvalue weighted by molar-refractivity contribution is 5.31. The molecule has 76 valence electrons. The van der Waals surface area contributed by atoms with E-state index in [4.69, 9.17) is 5.73 Å². The highest BCUT2D eigenvalue weighted by Gasteiger charge is 2.34. The van der Waals surface area contributed by atoms with Crippen LogP contribution in [0.2, 0.25) is 0 Å². The molecule has 1 aliphatic rings. The Bertz CT molecular complexity index is 318. The lowest BCUT2D eigenvalue weighted by atomic mass is 9.72. The highest BCUT2D eigenvalue weighted by Crippen LogP contribution is 2.38. The Morgan fingerprint density at radius 3 is 2.71 bits per heavy atom. The fourth-order valence-corrected chi connectivity index (χ4v) is 1.99. The summed E-state index contributed by atoms with van der Waals surface area (Å²) >= 11 is 0. The van der Waals surface area contributed by atoms with Gasteiger partial charge in [0.15, 0.2) is 0 Å². The molecular weight excluding hydrogens is 177 g/mol. The lowest BCUT2D eigenvalue weighted by molar-refractivity contribution is 0.253. The summed E-state index contributed by atoms with van der Waals surface area (Å²) in [5.74, 6) is 0. The van der Waals surface area contributed by atoms with E-state index in [-0.39, 0.29) is 12.2 Å². The van der Waals surface area contributed by atoms with Gasteiger partial charge in [0.25, 0.3) is 0 Å². The van der Waals surface area contributed by atoms with Crippen LogP contribution in [-0.4, -0.2) is 6.67 Å². The molecule has 0 atom stereocenters. The normalized spacial score (nSPS) is 19.0. The average molecular weight is 193 g/mol. The minimum Gasteiger partial charge on any atom is -0.321 e. The lowest BCUT2D eigenvalue weighted by Crippen LogP contribution is -2.43. The van der Waals surface area contributed by atoms with Crippen molar-refractivity contribution in [2.24, 2.45) is 5.73 Å². The topological polar surface area (TPSA) is 26.0 Å². The van der Waals surface area contributed by atoms with Crippen molar-refractivity contribution in [3.63, 3.8) is 0 Å². The van der Waals surface area contributed by atoms with Crippen molar-refractivity contribution in [1.82, 2.24) is 0 Å². The summed E-state index contributed by atoms with van der Waals surface area (Å²) < 4.78 is 12.2. The molecule has 2 N–H and O–H groups in total. The SMILES string of the molecule is NC1(c2cccc(CCF)c2)CCC1. The van der Waals surface area contributed by atoms with Gasteiger partial charge in [0, 0.05) is 12.0 Å². The zero-order chi connectivity index (χ0) is 10.0. The number of alkyl halides is 1. The minimum atomic E-state index is -0.291. The number of benzene rings is 1. The van der Waals surface area contributed by atoms with Crippen molar-refractivity contribution in [1.29, 1.82) is 0 Å². The van der Waals surface area contributed by atoms with Gasteiger partial charge in [0.2, 0.25) is 0 Å². The monoisotopic (exact) mass is 193 g/mol. The Morgan fingerprint density at radius 2 is 2.14 bits per heavy atom. The average Bonchev–Trinajstić information content (AvgIpc) is 2.15. The molecule has 2 heteroatoms. The molecule has 1 nitrogen and oxygen atoms in total. The summed E-state index contributed by atoms with van der Waals surface area (Å²) in [5.41, 5.74) is 8.31. The van der Waals surface area contributed by atoms with Gasteiger partial charge < -0.3 is 5.73 Å². The number of halogens is 1. The van der Waals surface area contributed by atoms with Gasteiger partial charge >= 0.3 is 0 Å². The maximum Gasteiger partial charge on any atom is 0.0934 e. The minimum absolute atomic E-state index is 0.119. The van der Waals surface area contributed by atoms with Crippen molar-refractivity contribution in [3.8, 4) is 0 Å². The van der Waals surface area contributed by atoms with Crippen molar-refractivity contribution in [3.05, 3.63) is 35.4 Å². The Morgan fingerprint density at radius 1 is 1.36 bits per heavy atom. The molecule has 0 heterocycles. The van der Waals surface area contributed by atoms with Crippen LogP contribution >= 0.6 is 0 Å². The maximum atomic E-state index is 12.2. The molecule has 0 aromatic heterocycles. The second-order valence-corrected chi connectivity index (χ2v) is 4.15. The first kappa shape index (κ1) is 9.66. The molecule has 0 amide bonds. The molecule has 1 saturated carbocycles. The van der Waals surface area contributed by atoms with Gasteiger partial charge in [0.1, 0.15) is 0 Å². The van der Waals surface area contributed by atoms with Gasteiger partial charge in [-0.3, -0.25) is 4.39 Å². The van der Waals surface area contributed by atoms with Gasteiger partial charge in [0.05, 0.1) is 6.67 Å². The van der Waals surface area contributed by atoms with Crippen LogP contribution in [0.15, 0.2) is 24.3 Å². The second kappa shape index (κ2) is 3.70. The molecule has 1 fully saturated rings. The Labute approximate surface area is 84.1 Å². The molecular formula is C12H16FN. The van der Waals surface area contributed by atoms with Crippen LogP contribution in [0.3, 0.4) is 0 Å². The number of hydrogen-bond acceptors (Lipinski definition) is 1. The van der Waals surface area contributed by atoms with Crippen LogP contribution in [0.5, 0.6) is 0 Å². The third-order valence-corrected chi connectivity index (χ3v) is 3.13. The second-order valence-electron chi connectivity index (χ2n) is 4.15. The van der Waals surface area contributed by atoms with E-state index in [0.717, 1.165) is 18.4 Å². The molecule has 0 spiro atoms. The third kappa shape index (κ3) is 1.67. The lowest BCUT2D eigenvalue weighted by Gasteiger charge is -2.38. The molecule has 0 unspecified atom stereocenters. The van der Waals surface area contributed by atoms with Crippen LogP contribution in [0.25, 0.3) is 0 Å². The van der Waals surface area contributed by atoms with Crippen LogP contribution < -0.4 is 5.73 Å². The van der Waals surface area contributed by atoms with Gasteiger partial charge in [-0.1, -0.05) is 24.3 Å². The quantitative estimate of drug-likeness (QED) is 0.784. The van der Waals surface area contributed by atoms with Crippen LogP contribution in [0, 0.1) is 0 Å². The molecule has 0 radical (unpaired) electrons. The first-order chi connectivity index (χ1) is 6.74. The van der Waals surface area contributed by atoms with E-state index in [1.54, 1.807) is 0 Å². The van der Waals surface area contributed by atoms with E-state index < -0.39 is 0 Å². The zero-order valence-electron chi connectivity index (χ0n) is 8.30. The van der Waals surface area contributed by atoms with Gasteiger partial charge in [-0.2, -0.15) is 0 Å². The van der Waals surface area contributed by atoms with Crippen LogP contribution in [0.1, 0.15) is 30.4 Å². The first-order valence-electron chi connectivity index (χ1n) is 5.19. The van der Waals surface area contributed by atoms with Crippen molar-refractivity contribution >= 4 is 0 Å². The van der Waals surface area contributed by atoms with Gasteiger partial charge in [-0.05, 0) is 30.4 Å². The molecule has 1 aromatic rings. The summed E-state index contributed by atoms with van der Waals surface area (Å²) in [6.07, 6.45) is 3.84. The number of nitrogens with two attached hydrogens (primary N) is 1. The summed E-state index contributed by atoms with van der Waals surface area (Å²) in [7, 11) is 0. The first-order valence-corrected chi connectivity index (χ1v) is 5.19. The number of hydrogen-bond donors (Lipinski definition) is 1. The smallest absolute Gasteiger partial charge is 0.0934 e. The predicted octanol–water partition coefficient (Wildman–Crippen LogP) is 2.54. The van der Waals surface area contributed by atoms with E-state index in [0.29, 0.717) is 6.42 Å². The molecule has 1 aromatic carbocycles. The van der Waals surface area contributed by atoms with Crippen molar-refractivity contribution in [2.45, 2.75) is 31.2 Å². The summed E-state index contributed by atoms with van der Waals surface area (Å²) in [6.45, 7) is -0.291. The van der Waals surface area contributed by atoms with E-state index in [2.05, 4.69) is 12.1 Å². The van der Waals surface area contributed by atoms with E-state index in [1.807, 2.05) is 12.1 Å². The van der Waals surface area contributed by atoms with Gasteiger partial charge in [-0.15, -0.1) is 0 Å². The Kier molecular flexibility index (Phi) is 2.55. The third-order valence-electron chi connectivity index (χ3n) is 3.13. The van der Waals surface area contributed by atoms with Crippen molar-refractivity contribution < 1.29 is 4.39 Å². The largest absolute Gasteiger partial charge is 0.321 e. The molecule has 0 saturated heterocycles. The predicted molar refractivity (Wildman–Crippen MR) is 55.8 cm³/mol. The Hall–Kier alpha value is -0.890. The summed E-state index contributed by atoms with van der Waals surface area (Å²) in [4.78, 5) is 0. The van der Waals surface area contributed by atoms with Crippen molar-refractivity contribution in [2.75, 3.05) is 6.67 Å². The summed E-state index contributed by atoms with van der Waals surface area (Å²) in [6, 6.07) is 8.05. The molecule has 1 aliphatic carbocycles. The number of aryl methyl sites for hydroxylation is 1. The van der Waals surface area contributed by atoms with E-state index in [9.17, 15) is 4.39 Å². The fraction of sp³-hybridized carbons (Fsp3) is 0.500. The molecule has 0 aliphatic heterocycles. The highest BCUT2D eigenvalue weighted by atomic mass is 19.1. The summed E-state index contributed by atoms with van der Waals surface area (Å²) in [5, 5.41) is 0. The van der Waals surface area contributed by atoms with E-state index in [1.165, 1.54) is 12.0 Å². The standard InChI is InChI=1S/C12H16FN/c13-8-5-10-3-1-4-11(9-10)12(14)6-2-7-12/h1,3-4,9H,2,5-8,14H2. The molecule has 14 heavy (non-hydrogen) atoms. The number of rotatable bonds is 3. The molecule has 0 bridgehead atoms. The molecule has 2 rings (SSSR count). The maximum absolute atomic E-state index is 12.2.